The van der Waals surface area contributed by atoms with Crippen LogP contribution in [0.4, 0.5) is 5.69 Å². The number of anilines is 1. The molecule has 1 unspecified atom stereocenters. The largest absolute Gasteiger partial charge is 0.495 e. The van der Waals surface area contributed by atoms with E-state index in [-0.39, 0.29) is 39.1 Å². The van der Waals surface area contributed by atoms with Crippen LogP contribution < -0.4 is 19.5 Å². The van der Waals surface area contributed by atoms with Gasteiger partial charge in [0, 0.05) is 17.7 Å². The van der Waals surface area contributed by atoms with E-state index in [2.05, 4.69) is 10.0 Å². The Morgan fingerprint density at radius 2 is 1.84 bits per heavy atom. The number of hydrogen-bond donors (Lipinski definition) is 2. The number of benzene rings is 2. The predicted molar refractivity (Wildman–Crippen MR) is 116 cm³/mol. The van der Waals surface area contributed by atoms with E-state index < -0.39 is 31.8 Å². The molecule has 0 saturated carbocycles. The normalized spacial score (nSPS) is 17.8. The van der Waals surface area contributed by atoms with Crippen molar-refractivity contribution in [2.75, 3.05) is 31.0 Å². The molecule has 9 nitrogen and oxygen atoms in total. The number of carbonyl (C=O) groups is 1. The summed E-state index contributed by atoms with van der Waals surface area (Å²) in [5.41, 5.74) is 0.358. The minimum absolute atomic E-state index is 0.0606. The predicted octanol–water partition coefficient (Wildman–Crippen LogP) is 2.07. The number of amides is 1. The van der Waals surface area contributed by atoms with E-state index in [0.717, 1.165) is 0 Å². The Hall–Kier alpha value is -2.34. The molecule has 1 aliphatic heterocycles. The number of rotatable bonds is 7. The van der Waals surface area contributed by atoms with Crippen molar-refractivity contribution in [1.82, 2.24) is 4.72 Å². The Balaban J connectivity index is 1.81. The molecule has 2 aromatic rings. The van der Waals surface area contributed by atoms with Crippen molar-refractivity contribution in [3.8, 4) is 11.5 Å². The Morgan fingerprint density at radius 1 is 1.13 bits per heavy atom. The fourth-order valence-corrected chi connectivity index (χ4v) is 6.47. The SMILES string of the molecule is COc1cc(OC)c(NC(=O)c2cccc(S(=O)(=O)NC3CCS(=O)(=O)C3)c2)cc1Cl. The topological polar surface area (TPSA) is 128 Å². The second-order valence-electron chi connectivity index (χ2n) is 6.89. The summed E-state index contributed by atoms with van der Waals surface area (Å²) in [6, 6.07) is 7.68. The minimum Gasteiger partial charge on any atom is -0.495 e. The Bertz CT molecular complexity index is 1210. The second kappa shape index (κ2) is 9.03. The van der Waals surface area contributed by atoms with Crippen molar-refractivity contribution in [1.29, 1.82) is 0 Å². The van der Waals surface area contributed by atoms with Crippen LogP contribution in [0, 0.1) is 0 Å². The van der Waals surface area contributed by atoms with Gasteiger partial charge >= 0.3 is 0 Å². The number of nitrogens with one attached hydrogen (secondary N) is 2. The zero-order chi connectivity index (χ0) is 22.8. The third kappa shape index (κ3) is 5.48. The van der Waals surface area contributed by atoms with Gasteiger partial charge in [-0.15, -0.1) is 0 Å². The first kappa shape index (κ1) is 23.3. The van der Waals surface area contributed by atoms with Gasteiger partial charge in [0.2, 0.25) is 10.0 Å². The van der Waals surface area contributed by atoms with E-state index in [4.69, 9.17) is 21.1 Å². The summed E-state index contributed by atoms with van der Waals surface area (Å²) in [6.45, 7) is 0. The van der Waals surface area contributed by atoms with Crippen molar-refractivity contribution in [3.05, 3.63) is 47.0 Å². The van der Waals surface area contributed by atoms with E-state index in [1.165, 1.54) is 50.6 Å². The van der Waals surface area contributed by atoms with Gasteiger partial charge in [0.15, 0.2) is 9.84 Å². The van der Waals surface area contributed by atoms with Gasteiger partial charge < -0.3 is 14.8 Å². The summed E-state index contributed by atoms with van der Waals surface area (Å²) >= 11 is 6.11. The zero-order valence-electron chi connectivity index (χ0n) is 16.7. The molecule has 1 atom stereocenters. The van der Waals surface area contributed by atoms with Crippen LogP contribution in [0.2, 0.25) is 5.02 Å². The molecule has 0 spiro atoms. The van der Waals surface area contributed by atoms with E-state index in [0.29, 0.717) is 11.5 Å². The molecule has 0 radical (unpaired) electrons. The average molecular weight is 489 g/mol. The van der Waals surface area contributed by atoms with Gasteiger partial charge in [-0.2, -0.15) is 0 Å². The Morgan fingerprint density at radius 3 is 2.45 bits per heavy atom. The zero-order valence-corrected chi connectivity index (χ0v) is 19.1. The van der Waals surface area contributed by atoms with E-state index in [1.807, 2.05) is 0 Å². The van der Waals surface area contributed by atoms with Crippen LogP contribution in [0.15, 0.2) is 41.3 Å². The summed E-state index contributed by atoms with van der Waals surface area (Å²) in [5.74, 6) is -0.216. The molecular formula is C19H21ClN2O7S2. The fourth-order valence-electron chi connectivity index (χ4n) is 3.13. The molecule has 1 saturated heterocycles. The fraction of sp³-hybridized carbons (Fsp3) is 0.316. The Labute approximate surface area is 185 Å². The molecule has 168 valence electrons. The van der Waals surface area contributed by atoms with Gasteiger partial charge in [-0.25, -0.2) is 21.6 Å². The van der Waals surface area contributed by atoms with Gasteiger partial charge in [0.25, 0.3) is 5.91 Å². The number of ether oxygens (including phenoxy) is 2. The maximum absolute atomic E-state index is 12.7. The van der Waals surface area contributed by atoms with Crippen LogP contribution in [-0.4, -0.2) is 54.5 Å². The number of sulfonamides is 1. The number of sulfone groups is 1. The van der Waals surface area contributed by atoms with Gasteiger partial charge in [-0.3, -0.25) is 4.79 Å². The lowest BCUT2D eigenvalue weighted by molar-refractivity contribution is 0.102. The van der Waals surface area contributed by atoms with Crippen molar-refractivity contribution < 1.29 is 31.1 Å². The van der Waals surface area contributed by atoms with Gasteiger partial charge in [-0.1, -0.05) is 17.7 Å². The molecule has 2 N–H and O–H groups in total. The molecule has 31 heavy (non-hydrogen) atoms. The molecule has 1 amide bonds. The minimum atomic E-state index is -4.01. The average Bonchev–Trinajstić information content (AvgIpc) is 3.05. The van der Waals surface area contributed by atoms with E-state index >= 15 is 0 Å². The number of hydrogen-bond acceptors (Lipinski definition) is 7. The van der Waals surface area contributed by atoms with Crippen LogP contribution in [0.3, 0.4) is 0 Å². The van der Waals surface area contributed by atoms with Crippen molar-refractivity contribution in [2.45, 2.75) is 17.4 Å². The van der Waals surface area contributed by atoms with Crippen LogP contribution in [0.1, 0.15) is 16.8 Å². The van der Waals surface area contributed by atoms with Crippen LogP contribution >= 0.6 is 11.6 Å². The molecule has 1 heterocycles. The van der Waals surface area contributed by atoms with Crippen molar-refractivity contribution in [3.63, 3.8) is 0 Å². The lowest BCUT2D eigenvalue weighted by atomic mass is 10.2. The molecule has 2 aromatic carbocycles. The lowest BCUT2D eigenvalue weighted by Gasteiger charge is -2.14. The van der Waals surface area contributed by atoms with E-state index in [1.54, 1.807) is 0 Å². The Kier molecular flexibility index (Phi) is 6.79. The van der Waals surface area contributed by atoms with Crippen molar-refractivity contribution >= 4 is 43.1 Å². The quantitative estimate of drug-likeness (QED) is 0.610. The third-order valence-electron chi connectivity index (χ3n) is 4.68. The first-order chi connectivity index (χ1) is 14.5. The van der Waals surface area contributed by atoms with Crippen molar-refractivity contribution in [2.24, 2.45) is 0 Å². The van der Waals surface area contributed by atoms with Crippen LogP contribution in [-0.2, 0) is 19.9 Å². The maximum atomic E-state index is 12.7. The molecule has 1 aliphatic rings. The molecule has 3 rings (SSSR count). The highest BCUT2D eigenvalue weighted by Gasteiger charge is 2.31. The highest BCUT2D eigenvalue weighted by atomic mass is 35.5. The monoisotopic (exact) mass is 488 g/mol. The summed E-state index contributed by atoms with van der Waals surface area (Å²) in [6.07, 6.45) is 0.208. The summed E-state index contributed by atoms with van der Waals surface area (Å²) < 4.78 is 61.2. The third-order valence-corrected chi connectivity index (χ3v) is 8.26. The standard InChI is InChI=1S/C19H21ClN2O7S2/c1-28-17-10-18(29-2)16(9-15(17)20)21-19(23)12-4-3-5-14(8-12)31(26,27)22-13-6-7-30(24,25)11-13/h3-5,8-10,13,22H,6-7,11H2,1-2H3,(H,21,23). The number of halogens is 1. The van der Waals surface area contributed by atoms with Gasteiger partial charge in [-0.05, 0) is 30.7 Å². The summed E-state index contributed by atoms with van der Waals surface area (Å²) in [4.78, 5) is 12.6. The second-order valence-corrected chi connectivity index (χ2v) is 11.2. The smallest absolute Gasteiger partial charge is 0.255 e. The number of methoxy groups -OCH3 is 2. The molecule has 0 aliphatic carbocycles. The van der Waals surface area contributed by atoms with Gasteiger partial charge in [0.1, 0.15) is 11.5 Å². The maximum Gasteiger partial charge on any atom is 0.255 e. The first-order valence-corrected chi connectivity index (χ1v) is 12.8. The van der Waals surface area contributed by atoms with Crippen LogP contribution in [0.25, 0.3) is 0 Å². The lowest BCUT2D eigenvalue weighted by Crippen LogP contribution is -2.35. The molecule has 0 aromatic heterocycles. The summed E-state index contributed by atoms with van der Waals surface area (Å²) in [5, 5.41) is 2.89. The van der Waals surface area contributed by atoms with Gasteiger partial charge in [0.05, 0.1) is 41.3 Å². The molecule has 1 fully saturated rings. The summed E-state index contributed by atoms with van der Waals surface area (Å²) in [7, 11) is -4.39. The van der Waals surface area contributed by atoms with Crippen LogP contribution in [0.5, 0.6) is 11.5 Å². The highest BCUT2D eigenvalue weighted by molar-refractivity contribution is 7.92. The highest BCUT2D eigenvalue weighted by Crippen LogP contribution is 2.36. The first-order valence-electron chi connectivity index (χ1n) is 9.10. The molecule has 12 heteroatoms. The molecular weight excluding hydrogens is 468 g/mol. The van der Waals surface area contributed by atoms with E-state index in [9.17, 15) is 21.6 Å². The number of carbonyl (C=O) groups excluding carboxylic acids is 1. The molecule has 0 bridgehead atoms.